The fourth-order valence-electron chi connectivity index (χ4n) is 4.64. The van der Waals surface area contributed by atoms with Crippen LogP contribution in [0.5, 0.6) is 0 Å². The molecule has 35 heavy (non-hydrogen) atoms. The number of carbonyl (C=O) groups excluding carboxylic acids is 4. The number of rotatable bonds is 6. The average Bonchev–Trinajstić information content (AvgIpc) is 3.07. The Morgan fingerprint density at radius 2 is 1.74 bits per heavy atom. The number of fused-ring (bicyclic) bond motifs is 1. The zero-order valence-electron chi connectivity index (χ0n) is 18.6. The van der Waals surface area contributed by atoms with Gasteiger partial charge in [-0.05, 0) is 43.4 Å². The van der Waals surface area contributed by atoms with E-state index in [0.717, 1.165) is 22.5 Å². The zero-order valence-corrected chi connectivity index (χ0v) is 20.2. The van der Waals surface area contributed by atoms with Crippen LogP contribution in [0.25, 0.3) is 0 Å². The lowest BCUT2D eigenvalue weighted by Gasteiger charge is -2.30. The van der Waals surface area contributed by atoms with Crippen LogP contribution < -0.4 is 0 Å². The normalized spacial score (nSPS) is 21.6. The summed E-state index contributed by atoms with van der Waals surface area (Å²) in [6.07, 6.45) is 1.81. The second kappa shape index (κ2) is 9.75. The lowest BCUT2D eigenvalue weighted by Crippen LogP contribution is -2.52. The topological polar surface area (TPSA) is 118 Å². The molecule has 2 aromatic rings. The van der Waals surface area contributed by atoms with Gasteiger partial charge in [-0.25, -0.2) is 5.01 Å². The minimum Gasteiger partial charge on any atom is -0.292 e. The molecule has 11 heteroatoms. The van der Waals surface area contributed by atoms with Crippen LogP contribution in [0.2, 0.25) is 10.0 Å². The number of imide groups is 1. The quantitative estimate of drug-likeness (QED) is 0.240. The fraction of sp³-hybridized carbons (Fsp3) is 0.333. The molecule has 1 saturated heterocycles. The largest absolute Gasteiger partial charge is 0.292 e. The molecule has 2 fully saturated rings. The van der Waals surface area contributed by atoms with Gasteiger partial charge in [-0.3, -0.25) is 29.3 Å². The van der Waals surface area contributed by atoms with Gasteiger partial charge in [0.25, 0.3) is 23.4 Å². The molecule has 4 rings (SSSR count). The molecule has 3 atom stereocenters. The second-order valence-corrected chi connectivity index (χ2v) is 9.66. The summed E-state index contributed by atoms with van der Waals surface area (Å²) >= 11 is 12.0. The number of amides is 3. The van der Waals surface area contributed by atoms with Crippen molar-refractivity contribution in [1.82, 2.24) is 10.0 Å². The van der Waals surface area contributed by atoms with Crippen molar-refractivity contribution in [2.75, 3.05) is 6.54 Å². The van der Waals surface area contributed by atoms with E-state index in [1.54, 1.807) is 0 Å². The summed E-state index contributed by atoms with van der Waals surface area (Å²) in [5.41, 5.74) is -0.308. The van der Waals surface area contributed by atoms with Gasteiger partial charge in [-0.15, -0.1) is 0 Å². The van der Waals surface area contributed by atoms with Gasteiger partial charge in [0.1, 0.15) is 6.54 Å². The van der Waals surface area contributed by atoms with Gasteiger partial charge in [0, 0.05) is 23.3 Å². The maximum Gasteiger partial charge on any atom is 0.273 e. The lowest BCUT2D eigenvalue weighted by atomic mass is 9.76. The van der Waals surface area contributed by atoms with Crippen LogP contribution in [-0.4, -0.2) is 45.0 Å². The highest BCUT2D eigenvalue weighted by Gasteiger charge is 2.52. The van der Waals surface area contributed by atoms with E-state index in [2.05, 4.69) is 0 Å². The Bertz CT molecular complexity index is 1250. The minimum atomic E-state index is -0.796. The number of hydrogen-bond acceptors (Lipinski definition) is 6. The van der Waals surface area contributed by atoms with Crippen molar-refractivity contribution >= 4 is 52.4 Å². The van der Waals surface area contributed by atoms with Crippen LogP contribution in [0.4, 0.5) is 5.69 Å². The van der Waals surface area contributed by atoms with Crippen molar-refractivity contribution in [1.29, 1.82) is 0 Å². The Labute approximate surface area is 210 Å². The Morgan fingerprint density at radius 3 is 2.43 bits per heavy atom. The molecule has 2 aromatic carbocycles. The Kier molecular flexibility index (Phi) is 6.91. The van der Waals surface area contributed by atoms with E-state index in [0.29, 0.717) is 12.8 Å². The van der Waals surface area contributed by atoms with Crippen molar-refractivity contribution in [3.63, 3.8) is 0 Å². The highest BCUT2D eigenvalue weighted by Crippen LogP contribution is 2.41. The highest BCUT2D eigenvalue weighted by atomic mass is 35.5. The van der Waals surface area contributed by atoms with E-state index >= 15 is 0 Å². The van der Waals surface area contributed by atoms with E-state index < -0.39 is 46.8 Å². The van der Waals surface area contributed by atoms with Gasteiger partial charge in [-0.1, -0.05) is 42.3 Å². The van der Waals surface area contributed by atoms with Gasteiger partial charge in [0.15, 0.2) is 5.78 Å². The first-order chi connectivity index (χ1) is 16.6. The average molecular weight is 518 g/mol. The molecule has 0 aromatic heterocycles. The van der Waals surface area contributed by atoms with Crippen molar-refractivity contribution < 1.29 is 24.1 Å². The van der Waals surface area contributed by atoms with Crippen LogP contribution in [0, 0.1) is 27.9 Å². The predicted molar refractivity (Wildman–Crippen MR) is 127 cm³/mol. The molecule has 1 aliphatic carbocycles. The van der Waals surface area contributed by atoms with E-state index in [1.807, 2.05) is 6.92 Å². The SMILES string of the molecule is C[C@@H]1CC[C@H]2C(=O)N(N(CC(=O)c3cccc([N+](=O)[O-])c3)C(=O)c3ccc(Cl)c(Cl)c3)C(=O)[C@H]2C1. The first kappa shape index (κ1) is 24.8. The number of nitro benzene ring substituents is 1. The first-order valence-corrected chi connectivity index (χ1v) is 11.8. The van der Waals surface area contributed by atoms with Crippen molar-refractivity contribution in [3.8, 4) is 0 Å². The number of nitrogens with zero attached hydrogens (tertiary/aromatic N) is 3. The molecule has 0 spiro atoms. The fourth-order valence-corrected chi connectivity index (χ4v) is 4.94. The molecule has 1 aliphatic heterocycles. The summed E-state index contributed by atoms with van der Waals surface area (Å²) in [7, 11) is 0. The summed E-state index contributed by atoms with van der Waals surface area (Å²) in [6.45, 7) is 1.33. The molecule has 1 saturated carbocycles. The molecule has 1 heterocycles. The molecule has 9 nitrogen and oxygen atoms in total. The molecule has 3 amide bonds. The molecule has 0 bridgehead atoms. The number of hydrogen-bond donors (Lipinski definition) is 0. The van der Waals surface area contributed by atoms with E-state index in [4.69, 9.17) is 23.2 Å². The molecule has 2 aliphatic rings. The molecule has 0 radical (unpaired) electrons. The van der Waals surface area contributed by atoms with Crippen LogP contribution in [0.3, 0.4) is 0 Å². The number of ketones is 1. The first-order valence-electron chi connectivity index (χ1n) is 11.0. The number of benzene rings is 2. The van der Waals surface area contributed by atoms with Crippen LogP contribution in [-0.2, 0) is 9.59 Å². The zero-order chi connectivity index (χ0) is 25.4. The summed E-state index contributed by atoms with van der Waals surface area (Å²) < 4.78 is 0. The third kappa shape index (κ3) is 4.78. The summed E-state index contributed by atoms with van der Waals surface area (Å²) in [6, 6.07) is 9.09. The highest BCUT2D eigenvalue weighted by molar-refractivity contribution is 6.42. The molecule has 182 valence electrons. The third-order valence-corrected chi connectivity index (χ3v) is 7.22. The number of halogens is 2. The maximum atomic E-state index is 13.5. The van der Waals surface area contributed by atoms with Gasteiger partial charge in [0.05, 0.1) is 26.8 Å². The third-order valence-electron chi connectivity index (χ3n) is 6.48. The predicted octanol–water partition coefficient (Wildman–Crippen LogP) is 4.56. The number of nitro groups is 1. The van der Waals surface area contributed by atoms with Crippen molar-refractivity contribution in [3.05, 3.63) is 73.8 Å². The number of carbonyl (C=O) groups is 4. The standard InChI is InChI=1S/C24H21Cl2N3O6/c1-13-5-7-17-18(9-13)24(33)28(23(17)32)27(22(31)15-6-8-19(25)20(26)11-15)12-21(30)14-3-2-4-16(10-14)29(34)35/h2-4,6,8,10-11,13,17-18H,5,7,9,12H2,1H3/t13-,17-,18+/m1/s1. The van der Waals surface area contributed by atoms with E-state index in [9.17, 15) is 29.3 Å². The molecular formula is C24H21Cl2N3O6. The van der Waals surface area contributed by atoms with Gasteiger partial charge >= 0.3 is 0 Å². The number of non-ortho nitro benzene ring substituents is 1. The molecule has 0 N–H and O–H groups in total. The summed E-state index contributed by atoms with van der Waals surface area (Å²) in [4.78, 5) is 63.7. The van der Waals surface area contributed by atoms with Crippen molar-refractivity contribution in [2.24, 2.45) is 17.8 Å². The van der Waals surface area contributed by atoms with E-state index in [1.165, 1.54) is 36.4 Å². The van der Waals surface area contributed by atoms with Gasteiger partial charge < -0.3 is 0 Å². The van der Waals surface area contributed by atoms with Gasteiger partial charge in [0.2, 0.25) is 0 Å². The second-order valence-electron chi connectivity index (χ2n) is 8.84. The van der Waals surface area contributed by atoms with Crippen LogP contribution in [0.15, 0.2) is 42.5 Å². The van der Waals surface area contributed by atoms with Crippen molar-refractivity contribution in [2.45, 2.75) is 26.2 Å². The Balaban J connectivity index is 1.71. The monoisotopic (exact) mass is 517 g/mol. The number of hydrazine groups is 1. The Hall–Kier alpha value is -3.30. The minimum absolute atomic E-state index is 0.0232. The summed E-state index contributed by atoms with van der Waals surface area (Å²) in [5.74, 6) is -3.42. The van der Waals surface area contributed by atoms with E-state index in [-0.39, 0.29) is 32.8 Å². The van der Waals surface area contributed by atoms with Crippen LogP contribution >= 0.6 is 23.2 Å². The Morgan fingerprint density at radius 1 is 1.03 bits per heavy atom. The molecular weight excluding hydrogens is 497 g/mol. The van der Waals surface area contributed by atoms with Crippen LogP contribution in [0.1, 0.15) is 46.9 Å². The smallest absolute Gasteiger partial charge is 0.273 e. The molecule has 0 unspecified atom stereocenters. The maximum absolute atomic E-state index is 13.5. The summed E-state index contributed by atoms with van der Waals surface area (Å²) in [5, 5.41) is 13.0. The number of Topliss-reactive ketones (excluding diaryl/α,β-unsaturated/α-hetero) is 1. The van der Waals surface area contributed by atoms with Gasteiger partial charge in [-0.2, -0.15) is 5.01 Å². The lowest BCUT2D eigenvalue weighted by molar-refractivity contribution is -0.384.